The minimum absolute atomic E-state index is 0.359. The van der Waals surface area contributed by atoms with Crippen LogP contribution in [0, 0.1) is 11.6 Å². The van der Waals surface area contributed by atoms with E-state index in [-0.39, 0.29) is 5.69 Å². The number of rotatable bonds is 2. The lowest BCUT2D eigenvalue weighted by Gasteiger charge is -2.19. The minimum atomic E-state index is -4.91. The van der Waals surface area contributed by atoms with Crippen LogP contribution in [0.5, 0.6) is 0 Å². The quantitative estimate of drug-likeness (QED) is 0.650. The van der Waals surface area contributed by atoms with E-state index in [1.165, 1.54) is 0 Å². The van der Waals surface area contributed by atoms with E-state index in [2.05, 4.69) is 0 Å². The molecule has 1 heterocycles. The first kappa shape index (κ1) is 13.7. The van der Waals surface area contributed by atoms with Gasteiger partial charge in [0.25, 0.3) is 0 Å². The Kier molecular flexibility index (Phi) is 3.17. The summed E-state index contributed by atoms with van der Waals surface area (Å²) in [6, 6.07) is 1.30. The van der Waals surface area contributed by atoms with Gasteiger partial charge in [0.15, 0.2) is 5.82 Å². The van der Waals surface area contributed by atoms with Crippen LogP contribution in [-0.2, 0) is 15.0 Å². The largest absolute Gasteiger partial charge is 0.397 e. The number of amides is 1. The van der Waals surface area contributed by atoms with Crippen LogP contribution in [0.3, 0.4) is 0 Å². The molecular weight excluding hydrogens is 285 g/mol. The number of anilines is 2. The van der Waals surface area contributed by atoms with Gasteiger partial charge in [0, 0.05) is 19.0 Å². The molecule has 1 amide bonds. The Hall–Kier alpha value is -1.77. The van der Waals surface area contributed by atoms with Crippen LogP contribution in [0.1, 0.15) is 6.42 Å². The molecule has 1 atom stereocenters. The van der Waals surface area contributed by atoms with Crippen LogP contribution in [0.15, 0.2) is 12.1 Å². The van der Waals surface area contributed by atoms with Crippen molar-refractivity contribution >= 4 is 27.5 Å². The standard InChI is InChI=1S/C10H9F3N2O3S/c11-5-1-7(12)10(8(14)2-5)15-4-6(3-9(15)16)19(13,17)18/h1-2,6H,3-4,14H2. The molecule has 1 saturated heterocycles. The number of hydrogen-bond donors (Lipinski definition) is 1. The van der Waals surface area contributed by atoms with Gasteiger partial charge in [0.2, 0.25) is 5.91 Å². The van der Waals surface area contributed by atoms with Gasteiger partial charge in [-0.2, -0.15) is 8.42 Å². The zero-order valence-electron chi connectivity index (χ0n) is 9.44. The molecule has 1 aromatic carbocycles. The molecular formula is C10H9F3N2O3S. The first-order chi connectivity index (χ1) is 8.70. The van der Waals surface area contributed by atoms with Crippen molar-refractivity contribution in [2.24, 2.45) is 0 Å². The number of nitrogens with two attached hydrogens (primary N) is 1. The van der Waals surface area contributed by atoms with Gasteiger partial charge in [-0.05, 0) is 6.07 Å². The highest BCUT2D eigenvalue weighted by Gasteiger charge is 2.40. The van der Waals surface area contributed by atoms with E-state index in [1.54, 1.807) is 0 Å². The second-order valence-corrected chi connectivity index (χ2v) is 5.75. The molecule has 1 fully saturated rings. The summed E-state index contributed by atoms with van der Waals surface area (Å²) < 4.78 is 60.8. The summed E-state index contributed by atoms with van der Waals surface area (Å²) in [5, 5.41) is -1.57. The van der Waals surface area contributed by atoms with Crippen molar-refractivity contribution in [2.75, 3.05) is 17.2 Å². The normalized spacial score (nSPS) is 20.1. The highest BCUT2D eigenvalue weighted by molar-refractivity contribution is 7.87. The zero-order chi connectivity index (χ0) is 14.4. The monoisotopic (exact) mass is 294 g/mol. The van der Waals surface area contributed by atoms with E-state index in [1.807, 2.05) is 0 Å². The van der Waals surface area contributed by atoms with Crippen molar-refractivity contribution < 1.29 is 25.9 Å². The zero-order valence-corrected chi connectivity index (χ0v) is 10.3. The van der Waals surface area contributed by atoms with E-state index >= 15 is 0 Å². The van der Waals surface area contributed by atoms with Crippen LogP contribution in [0.4, 0.5) is 24.0 Å². The second-order valence-electron chi connectivity index (χ2n) is 4.13. The van der Waals surface area contributed by atoms with Gasteiger partial charge >= 0.3 is 10.2 Å². The van der Waals surface area contributed by atoms with Crippen molar-refractivity contribution in [2.45, 2.75) is 11.7 Å². The van der Waals surface area contributed by atoms with Gasteiger partial charge in [0.1, 0.15) is 16.8 Å². The summed E-state index contributed by atoms with van der Waals surface area (Å²) in [4.78, 5) is 12.3. The molecule has 0 bridgehead atoms. The summed E-state index contributed by atoms with van der Waals surface area (Å²) in [6.07, 6.45) is -0.602. The molecule has 9 heteroatoms. The molecule has 2 rings (SSSR count). The van der Waals surface area contributed by atoms with Crippen molar-refractivity contribution in [1.29, 1.82) is 0 Å². The van der Waals surface area contributed by atoms with Crippen LogP contribution in [-0.4, -0.2) is 26.1 Å². The van der Waals surface area contributed by atoms with Crippen molar-refractivity contribution in [3.05, 3.63) is 23.8 Å². The number of benzene rings is 1. The third-order valence-corrected chi connectivity index (χ3v) is 3.93. The third-order valence-electron chi connectivity index (χ3n) is 2.82. The predicted molar refractivity (Wildman–Crippen MR) is 61.6 cm³/mol. The molecule has 1 aliphatic heterocycles. The average Bonchev–Trinajstić information content (AvgIpc) is 2.59. The minimum Gasteiger partial charge on any atom is -0.397 e. The topological polar surface area (TPSA) is 80.5 Å². The smallest absolute Gasteiger partial charge is 0.307 e. The highest BCUT2D eigenvalue weighted by Crippen LogP contribution is 2.33. The van der Waals surface area contributed by atoms with Crippen molar-refractivity contribution in [3.8, 4) is 0 Å². The van der Waals surface area contributed by atoms with Crippen LogP contribution in [0.25, 0.3) is 0 Å². The molecule has 0 spiro atoms. The molecule has 0 aromatic heterocycles. The van der Waals surface area contributed by atoms with E-state index in [4.69, 9.17) is 5.73 Å². The lowest BCUT2D eigenvalue weighted by molar-refractivity contribution is -0.117. The Bertz CT molecular complexity index is 624. The summed E-state index contributed by atoms with van der Waals surface area (Å²) in [5.74, 6) is -2.83. The Morgan fingerprint density at radius 2 is 1.95 bits per heavy atom. The summed E-state index contributed by atoms with van der Waals surface area (Å²) in [6.45, 7) is -0.551. The SMILES string of the molecule is Nc1cc(F)cc(F)c1N1CC(S(=O)(=O)F)CC1=O. The first-order valence-corrected chi connectivity index (χ1v) is 6.63. The fourth-order valence-electron chi connectivity index (χ4n) is 1.95. The first-order valence-electron chi connectivity index (χ1n) is 5.18. The molecule has 1 aliphatic rings. The Morgan fingerprint density at radius 1 is 1.32 bits per heavy atom. The fourth-order valence-corrected chi connectivity index (χ4v) is 2.62. The van der Waals surface area contributed by atoms with E-state index in [0.717, 1.165) is 6.07 Å². The number of halogens is 3. The number of hydrogen-bond acceptors (Lipinski definition) is 4. The Balaban J connectivity index is 2.42. The molecule has 5 nitrogen and oxygen atoms in total. The maximum atomic E-state index is 13.6. The lowest BCUT2D eigenvalue weighted by atomic mass is 10.2. The molecule has 0 radical (unpaired) electrons. The third kappa shape index (κ3) is 2.50. The van der Waals surface area contributed by atoms with E-state index < -0.39 is 51.7 Å². The molecule has 1 aromatic rings. The maximum absolute atomic E-state index is 13.6. The van der Waals surface area contributed by atoms with Gasteiger partial charge in [0.05, 0.1) is 5.69 Å². The van der Waals surface area contributed by atoms with Crippen molar-refractivity contribution in [1.82, 2.24) is 0 Å². The number of carbonyl (C=O) groups excluding carboxylic acids is 1. The molecule has 0 saturated carbocycles. The highest BCUT2D eigenvalue weighted by atomic mass is 32.3. The summed E-state index contributed by atoms with van der Waals surface area (Å²) in [7, 11) is -4.91. The number of nitrogens with zero attached hydrogens (tertiary/aromatic N) is 1. The van der Waals surface area contributed by atoms with Gasteiger partial charge in [-0.1, -0.05) is 0 Å². The van der Waals surface area contributed by atoms with E-state index in [9.17, 15) is 25.9 Å². The van der Waals surface area contributed by atoms with Gasteiger partial charge < -0.3 is 10.6 Å². The molecule has 1 unspecified atom stereocenters. The Labute approximate surface area is 107 Å². The van der Waals surface area contributed by atoms with Gasteiger partial charge in [-0.15, -0.1) is 3.89 Å². The Morgan fingerprint density at radius 3 is 2.42 bits per heavy atom. The molecule has 104 valence electrons. The molecule has 2 N–H and O–H groups in total. The number of nitrogen functional groups attached to an aromatic ring is 1. The lowest BCUT2D eigenvalue weighted by Crippen LogP contribution is -2.28. The van der Waals surface area contributed by atoms with Gasteiger partial charge in [-0.3, -0.25) is 4.79 Å². The predicted octanol–water partition coefficient (Wildman–Crippen LogP) is 0.952. The average molecular weight is 294 g/mol. The summed E-state index contributed by atoms with van der Waals surface area (Å²) in [5.41, 5.74) is 4.61. The maximum Gasteiger partial charge on any atom is 0.307 e. The number of carbonyl (C=O) groups is 1. The van der Waals surface area contributed by atoms with E-state index in [0.29, 0.717) is 11.0 Å². The molecule has 0 aliphatic carbocycles. The van der Waals surface area contributed by atoms with Crippen LogP contribution >= 0.6 is 0 Å². The summed E-state index contributed by atoms with van der Waals surface area (Å²) >= 11 is 0. The van der Waals surface area contributed by atoms with Crippen LogP contribution in [0.2, 0.25) is 0 Å². The van der Waals surface area contributed by atoms with Crippen LogP contribution < -0.4 is 10.6 Å². The second kappa shape index (κ2) is 4.41. The van der Waals surface area contributed by atoms with Crippen molar-refractivity contribution in [3.63, 3.8) is 0 Å². The molecule has 19 heavy (non-hydrogen) atoms. The fraction of sp³-hybridized carbons (Fsp3) is 0.300. The van der Waals surface area contributed by atoms with Gasteiger partial charge in [-0.25, -0.2) is 8.78 Å².